The van der Waals surface area contributed by atoms with Crippen LogP contribution in [0.1, 0.15) is 57.4 Å². The van der Waals surface area contributed by atoms with Crippen LogP contribution in [0.15, 0.2) is 0 Å². The summed E-state index contributed by atoms with van der Waals surface area (Å²) >= 11 is 0. The second kappa shape index (κ2) is 6.21. The van der Waals surface area contributed by atoms with Gasteiger partial charge in [0.25, 0.3) is 0 Å². The molecule has 1 saturated carbocycles. The molecule has 1 aliphatic carbocycles. The van der Waals surface area contributed by atoms with Crippen molar-refractivity contribution in [3.63, 3.8) is 0 Å². The second-order valence-electron chi connectivity index (χ2n) is 5.83. The van der Waals surface area contributed by atoms with Gasteiger partial charge in [0.05, 0.1) is 5.69 Å². The molecule has 0 bridgehead atoms. The van der Waals surface area contributed by atoms with E-state index in [1.165, 1.54) is 12.8 Å². The van der Waals surface area contributed by atoms with Gasteiger partial charge in [-0.15, -0.1) is 5.10 Å². The number of anilines is 1. The molecule has 4 heteroatoms. The molecule has 0 atom stereocenters. The molecule has 0 aliphatic heterocycles. The van der Waals surface area contributed by atoms with Gasteiger partial charge in [-0.25, -0.2) is 0 Å². The highest BCUT2D eigenvalue weighted by atomic mass is 15.3. The Hall–Kier alpha value is -1.63. The largest absolute Gasteiger partial charge is 0.351 e. The topological polar surface area (TPSA) is 52.8 Å². The van der Waals surface area contributed by atoms with E-state index in [9.17, 15) is 5.26 Å². The second-order valence-corrected chi connectivity index (χ2v) is 5.83. The molecule has 0 N–H and O–H groups in total. The molecule has 0 saturated heterocycles. The van der Waals surface area contributed by atoms with E-state index in [1.807, 2.05) is 0 Å². The van der Waals surface area contributed by atoms with Gasteiger partial charge in [0.15, 0.2) is 5.82 Å². The Labute approximate surface area is 121 Å². The lowest BCUT2D eigenvalue weighted by molar-refractivity contribution is 0.628. The highest BCUT2D eigenvalue weighted by molar-refractivity contribution is 5.58. The number of nitriles is 1. The third-order valence-electron chi connectivity index (χ3n) is 3.99. The van der Waals surface area contributed by atoms with Gasteiger partial charge in [0.2, 0.25) is 0 Å². The fraction of sp³-hybridized carbons (Fsp3) is 0.688. The molecule has 20 heavy (non-hydrogen) atoms. The van der Waals surface area contributed by atoms with Crippen LogP contribution in [-0.2, 0) is 12.8 Å². The van der Waals surface area contributed by atoms with Crippen LogP contribution in [0.5, 0.6) is 0 Å². The molecule has 2 rings (SSSR count). The standard InChI is InChI=1S/C16H24N4/c1-5-13-14(9-17)16(19-18-15(13)6-2)20(11(3)4)10-12-7-8-12/h11-12H,5-8,10H2,1-4H3. The summed E-state index contributed by atoms with van der Waals surface area (Å²) in [5.41, 5.74) is 2.76. The maximum absolute atomic E-state index is 9.59. The lowest BCUT2D eigenvalue weighted by Crippen LogP contribution is -2.34. The summed E-state index contributed by atoms with van der Waals surface area (Å²) in [5.74, 6) is 1.55. The summed E-state index contributed by atoms with van der Waals surface area (Å²) < 4.78 is 0. The van der Waals surface area contributed by atoms with Crippen molar-refractivity contribution in [2.24, 2.45) is 5.92 Å². The van der Waals surface area contributed by atoms with Crippen molar-refractivity contribution < 1.29 is 0 Å². The fourth-order valence-corrected chi connectivity index (χ4v) is 2.60. The van der Waals surface area contributed by atoms with E-state index >= 15 is 0 Å². The molecule has 0 radical (unpaired) electrons. The molecule has 1 heterocycles. The lowest BCUT2D eigenvalue weighted by Gasteiger charge is -2.29. The van der Waals surface area contributed by atoms with Crippen LogP contribution in [0.25, 0.3) is 0 Å². The van der Waals surface area contributed by atoms with Crippen LogP contribution in [0.2, 0.25) is 0 Å². The third kappa shape index (κ3) is 2.92. The van der Waals surface area contributed by atoms with Gasteiger partial charge in [-0.1, -0.05) is 13.8 Å². The molecule has 0 unspecified atom stereocenters. The predicted octanol–water partition coefficient (Wildman–Crippen LogP) is 3.10. The van der Waals surface area contributed by atoms with Crippen molar-refractivity contribution in [3.8, 4) is 6.07 Å². The monoisotopic (exact) mass is 272 g/mol. The van der Waals surface area contributed by atoms with Crippen molar-refractivity contribution >= 4 is 5.82 Å². The van der Waals surface area contributed by atoms with Crippen LogP contribution < -0.4 is 4.90 Å². The molecule has 0 spiro atoms. The molecular formula is C16H24N4. The summed E-state index contributed by atoms with van der Waals surface area (Å²) in [6.07, 6.45) is 4.26. The molecule has 1 aliphatic rings. The first-order valence-electron chi connectivity index (χ1n) is 7.67. The Morgan fingerprint density at radius 3 is 2.40 bits per heavy atom. The van der Waals surface area contributed by atoms with Crippen molar-refractivity contribution in [3.05, 3.63) is 16.8 Å². The maximum Gasteiger partial charge on any atom is 0.169 e. The first-order chi connectivity index (χ1) is 9.62. The Balaban J connectivity index is 2.45. The SMILES string of the molecule is CCc1nnc(N(CC2CC2)C(C)C)c(C#N)c1CC. The molecule has 0 aromatic carbocycles. The van der Waals surface area contributed by atoms with Gasteiger partial charge in [-0.2, -0.15) is 10.4 Å². The number of hydrogen-bond donors (Lipinski definition) is 0. The van der Waals surface area contributed by atoms with Crippen molar-refractivity contribution in [1.82, 2.24) is 10.2 Å². The zero-order valence-corrected chi connectivity index (χ0v) is 13.0. The summed E-state index contributed by atoms with van der Waals surface area (Å²) in [6.45, 7) is 9.46. The zero-order valence-electron chi connectivity index (χ0n) is 13.0. The van der Waals surface area contributed by atoms with Crippen molar-refractivity contribution in [2.45, 2.75) is 59.4 Å². The Morgan fingerprint density at radius 2 is 1.95 bits per heavy atom. The molecule has 1 aromatic heterocycles. The minimum Gasteiger partial charge on any atom is -0.351 e. The van der Waals surface area contributed by atoms with E-state index < -0.39 is 0 Å². The molecule has 0 amide bonds. The quantitative estimate of drug-likeness (QED) is 0.798. The first kappa shape index (κ1) is 14.8. The predicted molar refractivity (Wildman–Crippen MR) is 80.7 cm³/mol. The summed E-state index contributed by atoms with van der Waals surface area (Å²) in [4.78, 5) is 2.25. The van der Waals surface area contributed by atoms with Gasteiger partial charge >= 0.3 is 0 Å². The van der Waals surface area contributed by atoms with Gasteiger partial charge in [0, 0.05) is 12.6 Å². The minimum atomic E-state index is 0.342. The average Bonchev–Trinajstić information content (AvgIpc) is 3.26. The van der Waals surface area contributed by atoms with Crippen LogP contribution in [0.4, 0.5) is 5.82 Å². The third-order valence-corrected chi connectivity index (χ3v) is 3.99. The summed E-state index contributed by atoms with van der Waals surface area (Å²) in [7, 11) is 0. The molecular weight excluding hydrogens is 248 g/mol. The van der Waals surface area contributed by atoms with E-state index in [4.69, 9.17) is 0 Å². The van der Waals surface area contributed by atoms with E-state index in [1.54, 1.807) is 0 Å². The summed E-state index contributed by atoms with van der Waals surface area (Å²) in [6, 6.07) is 2.72. The normalized spacial score (nSPS) is 14.4. The molecule has 4 nitrogen and oxygen atoms in total. The Morgan fingerprint density at radius 1 is 1.25 bits per heavy atom. The number of aromatic nitrogens is 2. The summed E-state index contributed by atoms with van der Waals surface area (Å²) in [5, 5.41) is 18.3. The number of nitrogens with zero attached hydrogens (tertiary/aromatic N) is 4. The average molecular weight is 272 g/mol. The number of rotatable bonds is 6. The van der Waals surface area contributed by atoms with Crippen LogP contribution in [-0.4, -0.2) is 22.8 Å². The van der Waals surface area contributed by atoms with Gasteiger partial charge in [-0.3, -0.25) is 0 Å². The number of hydrogen-bond acceptors (Lipinski definition) is 4. The smallest absolute Gasteiger partial charge is 0.169 e. The van der Waals surface area contributed by atoms with Crippen LogP contribution in [0, 0.1) is 17.2 Å². The van der Waals surface area contributed by atoms with Crippen LogP contribution >= 0.6 is 0 Å². The molecule has 1 aromatic rings. The highest BCUT2D eigenvalue weighted by Gasteiger charge is 2.28. The Bertz CT molecular complexity index is 512. The van der Waals surface area contributed by atoms with E-state index in [0.717, 1.165) is 47.9 Å². The van der Waals surface area contributed by atoms with E-state index in [2.05, 4.69) is 48.9 Å². The number of aryl methyl sites for hydroxylation is 1. The van der Waals surface area contributed by atoms with Gasteiger partial charge in [0.1, 0.15) is 11.6 Å². The lowest BCUT2D eigenvalue weighted by atomic mass is 10.0. The maximum atomic E-state index is 9.59. The molecule has 1 fully saturated rings. The molecule has 108 valence electrons. The fourth-order valence-electron chi connectivity index (χ4n) is 2.60. The van der Waals surface area contributed by atoms with Gasteiger partial charge in [-0.05, 0) is 51.0 Å². The Kier molecular flexibility index (Phi) is 4.59. The van der Waals surface area contributed by atoms with E-state index in [-0.39, 0.29) is 0 Å². The van der Waals surface area contributed by atoms with Gasteiger partial charge < -0.3 is 4.90 Å². The van der Waals surface area contributed by atoms with Crippen molar-refractivity contribution in [2.75, 3.05) is 11.4 Å². The van der Waals surface area contributed by atoms with Crippen molar-refractivity contribution in [1.29, 1.82) is 5.26 Å². The zero-order chi connectivity index (χ0) is 14.7. The first-order valence-corrected chi connectivity index (χ1v) is 7.67. The van der Waals surface area contributed by atoms with Crippen LogP contribution in [0.3, 0.4) is 0 Å². The minimum absolute atomic E-state index is 0.342. The highest BCUT2D eigenvalue weighted by Crippen LogP contribution is 2.33. The van der Waals surface area contributed by atoms with E-state index in [0.29, 0.717) is 6.04 Å².